The van der Waals surface area contributed by atoms with E-state index in [4.69, 9.17) is 5.73 Å². The Morgan fingerprint density at radius 1 is 1.29 bits per heavy atom. The second kappa shape index (κ2) is 8.41. The highest BCUT2D eigenvalue weighted by Crippen LogP contribution is 2.39. The van der Waals surface area contributed by atoms with Gasteiger partial charge in [0.2, 0.25) is 5.91 Å². The first-order valence-electron chi connectivity index (χ1n) is 10.1. The molecule has 0 bridgehead atoms. The second-order valence-corrected chi connectivity index (χ2v) is 8.74. The highest BCUT2D eigenvalue weighted by molar-refractivity contribution is 5.81. The molecule has 2 fully saturated rings. The Kier molecular flexibility index (Phi) is 6.34. The van der Waals surface area contributed by atoms with Crippen molar-refractivity contribution in [3.8, 4) is 0 Å². The molecule has 1 heterocycles. The molecule has 4 nitrogen and oxygen atoms in total. The molecule has 1 saturated heterocycles. The summed E-state index contributed by atoms with van der Waals surface area (Å²) < 4.78 is 38.8. The molecule has 0 unspecified atom stereocenters. The highest BCUT2D eigenvalue weighted by Gasteiger charge is 2.43. The molecule has 3 N–H and O–H groups in total. The lowest BCUT2D eigenvalue weighted by molar-refractivity contribution is -0.137. The monoisotopic (exact) mass is 397 g/mol. The van der Waals surface area contributed by atoms with Gasteiger partial charge in [-0.3, -0.25) is 9.69 Å². The van der Waals surface area contributed by atoms with Gasteiger partial charge in [0, 0.05) is 25.7 Å². The second-order valence-electron chi connectivity index (χ2n) is 8.74. The average Bonchev–Trinajstić information content (AvgIpc) is 3.15. The predicted octanol–water partition coefficient (Wildman–Crippen LogP) is 3.41. The van der Waals surface area contributed by atoms with E-state index in [1.807, 2.05) is 13.8 Å². The molecule has 1 aliphatic heterocycles. The Morgan fingerprint density at radius 3 is 2.71 bits per heavy atom. The van der Waals surface area contributed by atoms with Crippen molar-refractivity contribution >= 4 is 5.91 Å². The molecule has 1 aromatic rings. The first-order chi connectivity index (χ1) is 13.1. The van der Waals surface area contributed by atoms with E-state index in [0.717, 1.165) is 32.0 Å². The van der Waals surface area contributed by atoms with Gasteiger partial charge in [-0.05, 0) is 48.6 Å². The molecule has 0 radical (unpaired) electrons. The number of halogens is 3. The quantitative estimate of drug-likeness (QED) is 0.774. The number of nitrogens with zero attached hydrogens (tertiary/aromatic N) is 1. The summed E-state index contributed by atoms with van der Waals surface area (Å²) in [4.78, 5) is 14.6. The lowest BCUT2D eigenvalue weighted by Crippen LogP contribution is -2.48. The smallest absolute Gasteiger partial charge is 0.352 e. The topological polar surface area (TPSA) is 58.4 Å². The number of amides is 1. The Hall–Kier alpha value is -1.60. The van der Waals surface area contributed by atoms with Gasteiger partial charge in [-0.15, -0.1) is 0 Å². The van der Waals surface area contributed by atoms with Crippen molar-refractivity contribution in [1.29, 1.82) is 0 Å². The van der Waals surface area contributed by atoms with Crippen LogP contribution in [0.5, 0.6) is 0 Å². The van der Waals surface area contributed by atoms with Crippen LogP contribution in [0.15, 0.2) is 24.3 Å². The van der Waals surface area contributed by atoms with Crippen molar-refractivity contribution in [3.05, 3.63) is 35.4 Å². The number of nitrogens with one attached hydrogen (secondary N) is 1. The Morgan fingerprint density at radius 2 is 2.04 bits per heavy atom. The van der Waals surface area contributed by atoms with Crippen LogP contribution in [-0.4, -0.2) is 36.0 Å². The van der Waals surface area contributed by atoms with Crippen LogP contribution in [0.25, 0.3) is 0 Å². The molecular formula is C21H30F3N3O. The maximum Gasteiger partial charge on any atom is 0.416 e. The maximum atomic E-state index is 12.9. The van der Waals surface area contributed by atoms with Crippen molar-refractivity contribution in [2.45, 2.75) is 57.9 Å². The van der Waals surface area contributed by atoms with Crippen molar-refractivity contribution in [3.63, 3.8) is 0 Å². The molecule has 156 valence electrons. The molecule has 0 spiro atoms. The first kappa shape index (κ1) is 21.1. The maximum absolute atomic E-state index is 12.9. The van der Waals surface area contributed by atoms with Gasteiger partial charge in [0.15, 0.2) is 0 Å². The number of nitrogens with two attached hydrogens (primary N) is 1. The van der Waals surface area contributed by atoms with Crippen molar-refractivity contribution in [2.24, 2.45) is 23.5 Å². The van der Waals surface area contributed by atoms with E-state index in [1.165, 1.54) is 12.1 Å². The van der Waals surface area contributed by atoms with Gasteiger partial charge in [0.05, 0.1) is 11.6 Å². The summed E-state index contributed by atoms with van der Waals surface area (Å²) >= 11 is 0. The van der Waals surface area contributed by atoms with Crippen molar-refractivity contribution < 1.29 is 18.0 Å². The largest absolute Gasteiger partial charge is 0.416 e. The fraction of sp³-hybridized carbons (Fsp3) is 0.667. The Balaban J connectivity index is 1.57. The average molecular weight is 397 g/mol. The summed E-state index contributed by atoms with van der Waals surface area (Å²) in [5, 5.41) is 3.13. The zero-order chi connectivity index (χ0) is 20.5. The molecule has 1 aromatic carbocycles. The molecule has 7 heteroatoms. The van der Waals surface area contributed by atoms with E-state index < -0.39 is 17.8 Å². The summed E-state index contributed by atoms with van der Waals surface area (Å²) in [7, 11) is 0. The van der Waals surface area contributed by atoms with Gasteiger partial charge in [0.1, 0.15) is 0 Å². The third-order valence-corrected chi connectivity index (χ3v) is 5.98. The summed E-state index contributed by atoms with van der Waals surface area (Å²) in [6, 6.07) is 5.18. The van der Waals surface area contributed by atoms with Crippen molar-refractivity contribution in [1.82, 2.24) is 10.2 Å². The third-order valence-electron chi connectivity index (χ3n) is 5.98. The van der Waals surface area contributed by atoms with Crippen LogP contribution in [0.3, 0.4) is 0 Å². The van der Waals surface area contributed by atoms with Gasteiger partial charge in [-0.2, -0.15) is 13.2 Å². The third kappa shape index (κ3) is 5.06. The summed E-state index contributed by atoms with van der Waals surface area (Å²) in [5.41, 5.74) is 6.07. The standard InChI is InChI=1S/C21H30F3N3O/c1-13(2)8-18(25)20(28)26-19-7-6-15-11-27(12-17(15)19)10-14-4-3-5-16(9-14)21(22,23)24/h3-5,9,13,15,17-19H,6-8,10-12,25H2,1-2H3,(H,26,28)/t15-,17+,18+,19+/m1/s1. The number of carbonyl (C=O) groups is 1. The summed E-state index contributed by atoms with van der Waals surface area (Å²) in [6.07, 6.45) is -1.67. The molecule has 2 aliphatic rings. The van der Waals surface area contributed by atoms with Gasteiger partial charge in [-0.1, -0.05) is 32.0 Å². The molecule has 28 heavy (non-hydrogen) atoms. The van der Waals surface area contributed by atoms with Crippen LogP contribution in [0.2, 0.25) is 0 Å². The molecule has 3 rings (SSSR count). The zero-order valence-electron chi connectivity index (χ0n) is 16.5. The lowest BCUT2D eigenvalue weighted by Gasteiger charge is -2.24. The molecule has 1 amide bonds. The minimum atomic E-state index is -4.32. The van der Waals surface area contributed by atoms with E-state index in [1.54, 1.807) is 6.07 Å². The van der Waals surface area contributed by atoms with E-state index >= 15 is 0 Å². The van der Waals surface area contributed by atoms with Gasteiger partial charge in [-0.25, -0.2) is 0 Å². The van der Waals surface area contributed by atoms with E-state index in [2.05, 4.69) is 10.2 Å². The van der Waals surface area contributed by atoms with E-state index in [-0.39, 0.29) is 11.9 Å². The number of rotatable bonds is 6. The minimum absolute atomic E-state index is 0.0873. The normalized spacial score (nSPS) is 26.5. The van der Waals surface area contributed by atoms with Crippen LogP contribution in [-0.2, 0) is 17.5 Å². The molecule has 1 aliphatic carbocycles. The number of benzene rings is 1. The van der Waals surface area contributed by atoms with Crippen LogP contribution in [0.1, 0.15) is 44.2 Å². The van der Waals surface area contributed by atoms with Gasteiger partial charge in [0.25, 0.3) is 0 Å². The molecule has 0 aromatic heterocycles. The van der Waals surface area contributed by atoms with Crippen LogP contribution in [0, 0.1) is 17.8 Å². The number of likely N-dealkylation sites (tertiary alicyclic amines) is 1. The molecule has 4 atom stereocenters. The lowest BCUT2D eigenvalue weighted by atomic mass is 9.97. The number of hydrogen-bond acceptors (Lipinski definition) is 3. The van der Waals surface area contributed by atoms with E-state index in [9.17, 15) is 18.0 Å². The Bertz CT molecular complexity index is 692. The Labute approximate surface area is 164 Å². The minimum Gasteiger partial charge on any atom is -0.352 e. The van der Waals surface area contributed by atoms with Crippen LogP contribution >= 0.6 is 0 Å². The number of fused-ring (bicyclic) bond motifs is 1. The van der Waals surface area contributed by atoms with Gasteiger partial charge >= 0.3 is 6.18 Å². The number of alkyl halides is 3. The summed E-state index contributed by atoms with van der Waals surface area (Å²) in [5.74, 6) is 1.11. The van der Waals surface area contributed by atoms with E-state index in [0.29, 0.717) is 36.3 Å². The fourth-order valence-corrected chi connectivity index (χ4v) is 4.67. The first-order valence-corrected chi connectivity index (χ1v) is 10.1. The number of hydrogen-bond donors (Lipinski definition) is 2. The van der Waals surface area contributed by atoms with Crippen LogP contribution < -0.4 is 11.1 Å². The molecule has 1 saturated carbocycles. The fourth-order valence-electron chi connectivity index (χ4n) is 4.67. The van der Waals surface area contributed by atoms with Crippen molar-refractivity contribution in [2.75, 3.05) is 13.1 Å². The van der Waals surface area contributed by atoms with Crippen LogP contribution in [0.4, 0.5) is 13.2 Å². The SMILES string of the molecule is CC(C)C[C@H](N)C(=O)N[C@H]1CC[C@@H]2CN(Cc3cccc(C(F)(F)F)c3)C[C@@H]21. The highest BCUT2D eigenvalue weighted by atomic mass is 19.4. The summed E-state index contributed by atoms with van der Waals surface area (Å²) in [6.45, 7) is 6.25. The van der Waals surface area contributed by atoms with Gasteiger partial charge < -0.3 is 11.1 Å². The predicted molar refractivity (Wildman–Crippen MR) is 102 cm³/mol. The number of carbonyl (C=O) groups excluding carboxylic acids is 1. The molecular weight excluding hydrogens is 367 g/mol. The zero-order valence-corrected chi connectivity index (χ0v) is 16.5.